The predicted octanol–water partition coefficient (Wildman–Crippen LogP) is 2.58. The number of nitrogens with one attached hydrogen (secondary N) is 1. The number of alkyl carbamates (subject to hydrolysis) is 1. The van der Waals surface area contributed by atoms with Crippen LogP contribution in [0.5, 0.6) is 0 Å². The van der Waals surface area contributed by atoms with E-state index in [0.717, 1.165) is 5.56 Å². The van der Waals surface area contributed by atoms with Gasteiger partial charge in [0, 0.05) is 26.3 Å². The Balaban J connectivity index is 1.72. The van der Waals surface area contributed by atoms with Crippen LogP contribution in [0.3, 0.4) is 0 Å². The van der Waals surface area contributed by atoms with Gasteiger partial charge in [-0.3, -0.25) is 9.59 Å². The molecule has 1 aromatic rings. The fourth-order valence-corrected chi connectivity index (χ4v) is 3.65. The standard InChI is InChI=1S/C24H35NO9/c1-5-20-16(2)21(32-17(3)26)22(33-18(4)27)23(34-20)30-14-13-29-12-11-25-24(28)31-15-19-9-7-6-8-10-19/h6-10,16,20-23H,5,11-15H2,1-4H3,(H,25,28)/t16-,20-,21+,22+,23+/m1/s1. The molecule has 10 heteroatoms. The maximum Gasteiger partial charge on any atom is 0.407 e. The summed E-state index contributed by atoms with van der Waals surface area (Å²) in [7, 11) is 0. The van der Waals surface area contributed by atoms with Crippen molar-refractivity contribution in [2.75, 3.05) is 26.4 Å². The molecular formula is C24H35NO9. The molecular weight excluding hydrogens is 446 g/mol. The smallest absolute Gasteiger partial charge is 0.407 e. The van der Waals surface area contributed by atoms with Crippen LogP contribution in [0.15, 0.2) is 30.3 Å². The molecule has 1 amide bonds. The first-order chi connectivity index (χ1) is 16.3. The molecule has 1 N–H and O–H groups in total. The van der Waals surface area contributed by atoms with Gasteiger partial charge in [0.2, 0.25) is 0 Å². The third kappa shape index (κ3) is 9.28. The molecule has 0 aromatic heterocycles. The summed E-state index contributed by atoms with van der Waals surface area (Å²) in [4.78, 5) is 35.0. The summed E-state index contributed by atoms with van der Waals surface area (Å²) in [6.07, 6.45) is -2.55. The first kappa shape index (κ1) is 27.6. The highest BCUT2D eigenvalue weighted by Crippen LogP contribution is 2.32. The van der Waals surface area contributed by atoms with E-state index in [1.807, 2.05) is 44.2 Å². The molecule has 0 bridgehead atoms. The fourth-order valence-electron chi connectivity index (χ4n) is 3.65. The van der Waals surface area contributed by atoms with Crippen molar-refractivity contribution in [1.82, 2.24) is 5.32 Å². The van der Waals surface area contributed by atoms with Crippen LogP contribution in [0, 0.1) is 5.92 Å². The molecule has 190 valence electrons. The zero-order chi connectivity index (χ0) is 24.9. The van der Waals surface area contributed by atoms with Crippen molar-refractivity contribution in [3.63, 3.8) is 0 Å². The van der Waals surface area contributed by atoms with Crippen molar-refractivity contribution in [1.29, 1.82) is 0 Å². The molecule has 0 unspecified atom stereocenters. The number of amides is 1. The van der Waals surface area contributed by atoms with Gasteiger partial charge in [0.05, 0.1) is 25.9 Å². The van der Waals surface area contributed by atoms with E-state index < -0.39 is 36.5 Å². The zero-order valence-corrected chi connectivity index (χ0v) is 20.2. The second-order valence-corrected chi connectivity index (χ2v) is 7.93. The molecule has 34 heavy (non-hydrogen) atoms. The first-order valence-electron chi connectivity index (χ1n) is 11.5. The Labute approximate surface area is 200 Å². The van der Waals surface area contributed by atoms with E-state index in [1.165, 1.54) is 13.8 Å². The monoisotopic (exact) mass is 481 g/mol. The van der Waals surface area contributed by atoms with E-state index in [2.05, 4.69) is 5.32 Å². The van der Waals surface area contributed by atoms with E-state index in [4.69, 9.17) is 28.4 Å². The Morgan fingerprint density at radius 1 is 0.971 bits per heavy atom. The predicted molar refractivity (Wildman–Crippen MR) is 121 cm³/mol. The minimum absolute atomic E-state index is 0.151. The van der Waals surface area contributed by atoms with Crippen LogP contribution in [0.4, 0.5) is 4.79 Å². The van der Waals surface area contributed by atoms with Gasteiger partial charge in [0.1, 0.15) is 12.7 Å². The van der Waals surface area contributed by atoms with Crippen LogP contribution in [-0.4, -0.2) is 69.0 Å². The quantitative estimate of drug-likeness (QED) is 0.273. The van der Waals surface area contributed by atoms with Gasteiger partial charge in [0.15, 0.2) is 12.4 Å². The molecule has 1 saturated heterocycles. The Hall–Kier alpha value is -2.69. The van der Waals surface area contributed by atoms with Crippen molar-refractivity contribution in [3.05, 3.63) is 35.9 Å². The minimum Gasteiger partial charge on any atom is -0.458 e. The van der Waals surface area contributed by atoms with Crippen molar-refractivity contribution in [2.45, 2.75) is 65.3 Å². The Kier molecular flexibility index (Phi) is 11.8. The molecule has 1 aliphatic heterocycles. The molecule has 0 spiro atoms. The highest BCUT2D eigenvalue weighted by Gasteiger charge is 2.47. The van der Waals surface area contributed by atoms with Crippen LogP contribution in [0.25, 0.3) is 0 Å². The molecule has 0 saturated carbocycles. The van der Waals surface area contributed by atoms with Gasteiger partial charge in [-0.1, -0.05) is 44.2 Å². The summed E-state index contributed by atoms with van der Waals surface area (Å²) in [6.45, 7) is 7.52. The minimum atomic E-state index is -0.899. The average molecular weight is 482 g/mol. The molecule has 2 rings (SSSR count). The number of rotatable bonds is 12. The summed E-state index contributed by atoms with van der Waals surface area (Å²) >= 11 is 0. The average Bonchev–Trinajstić information content (AvgIpc) is 2.80. The normalized spacial score (nSPS) is 24.2. The SMILES string of the molecule is CC[C@H]1O[C@H](OCCOCCNC(=O)OCc2ccccc2)[C@@H](OC(C)=O)[C@@H](OC(C)=O)[C@@H]1C. The molecule has 1 heterocycles. The number of esters is 2. The summed E-state index contributed by atoms with van der Waals surface area (Å²) < 4.78 is 33.2. The maximum atomic E-state index is 11.7. The number of ether oxygens (including phenoxy) is 6. The second kappa shape index (κ2) is 14.5. The van der Waals surface area contributed by atoms with Crippen LogP contribution in [-0.2, 0) is 44.6 Å². The number of carbonyl (C=O) groups is 3. The third-order valence-electron chi connectivity index (χ3n) is 5.25. The second-order valence-electron chi connectivity index (χ2n) is 7.93. The third-order valence-corrected chi connectivity index (χ3v) is 5.25. The molecule has 1 aromatic carbocycles. The van der Waals surface area contributed by atoms with Gasteiger partial charge in [-0.15, -0.1) is 0 Å². The molecule has 0 aliphatic carbocycles. The Bertz CT molecular complexity index is 773. The highest BCUT2D eigenvalue weighted by atomic mass is 16.7. The molecule has 5 atom stereocenters. The number of hydrogen-bond acceptors (Lipinski definition) is 9. The lowest BCUT2D eigenvalue weighted by Gasteiger charge is -2.43. The van der Waals surface area contributed by atoms with Crippen LogP contribution < -0.4 is 5.32 Å². The van der Waals surface area contributed by atoms with Gasteiger partial charge < -0.3 is 33.7 Å². The Morgan fingerprint density at radius 2 is 1.65 bits per heavy atom. The van der Waals surface area contributed by atoms with E-state index >= 15 is 0 Å². The molecule has 1 aliphatic rings. The Morgan fingerprint density at radius 3 is 2.29 bits per heavy atom. The highest BCUT2D eigenvalue weighted by molar-refractivity contribution is 5.67. The lowest BCUT2D eigenvalue weighted by molar-refractivity contribution is -0.291. The van der Waals surface area contributed by atoms with Gasteiger partial charge in [0.25, 0.3) is 0 Å². The van der Waals surface area contributed by atoms with Crippen LogP contribution >= 0.6 is 0 Å². The van der Waals surface area contributed by atoms with Crippen LogP contribution in [0.1, 0.15) is 39.7 Å². The van der Waals surface area contributed by atoms with E-state index in [1.54, 1.807) is 0 Å². The lowest BCUT2D eigenvalue weighted by atomic mass is 9.89. The van der Waals surface area contributed by atoms with E-state index in [0.29, 0.717) is 6.42 Å². The number of carbonyl (C=O) groups excluding carboxylic acids is 3. The summed E-state index contributed by atoms with van der Waals surface area (Å²) in [6, 6.07) is 9.38. The number of benzene rings is 1. The lowest BCUT2D eigenvalue weighted by Crippen LogP contribution is -2.57. The summed E-state index contributed by atoms with van der Waals surface area (Å²) in [5.41, 5.74) is 0.902. The van der Waals surface area contributed by atoms with Crippen LogP contribution in [0.2, 0.25) is 0 Å². The summed E-state index contributed by atoms with van der Waals surface area (Å²) in [5, 5.41) is 2.61. The van der Waals surface area contributed by atoms with Crippen molar-refractivity contribution < 1.29 is 42.8 Å². The van der Waals surface area contributed by atoms with Crippen molar-refractivity contribution in [3.8, 4) is 0 Å². The zero-order valence-electron chi connectivity index (χ0n) is 20.2. The van der Waals surface area contributed by atoms with Crippen molar-refractivity contribution >= 4 is 18.0 Å². The molecule has 0 radical (unpaired) electrons. The van der Waals surface area contributed by atoms with Gasteiger partial charge in [-0.05, 0) is 12.0 Å². The maximum absolute atomic E-state index is 11.7. The fraction of sp³-hybridized carbons (Fsp3) is 0.625. The topological polar surface area (TPSA) is 119 Å². The van der Waals surface area contributed by atoms with Gasteiger partial charge in [-0.25, -0.2) is 4.79 Å². The first-order valence-corrected chi connectivity index (χ1v) is 11.5. The van der Waals surface area contributed by atoms with Gasteiger partial charge >= 0.3 is 18.0 Å². The largest absolute Gasteiger partial charge is 0.458 e. The molecule has 1 fully saturated rings. The van der Waals surface area contributed by atoms with E-state index in [-0.39, 0.29) is 45.0 Å². The summed E-state index contributed by atoms with van der Waals surface area (Å²) in [5.74, 6) is -1.17. The van der Waals surface area contributed by atoms with Crippen molar-refractivity contribution in [2.24, 2.45) is 5.92 Å². The van der Waals surface area contributed by atoms with Gasteiger partial charge in [-0.2, -0.15) is 0 Å². The molecule has 10 nitrogen and oxygen atoms in total. The van der Waals surface area contributed by atoms with E-state index in [9.17, 15) is 14.4 Å². The number of hydrogen-bond donors (Lipinski definition) is 1.